The molecule has 150 valence electrons. The van der Waals surface area contributed by atoms with E-state index < -0.39 is 0 Å². The van der Waals surface area contributed by atoms with Gasteiger partial charge in [0, 0.05) is 18.9 Å². The number of oxazole rings is 1. The fraction of sp³-hybridized carbons (Fsp3) is 0.192. The number of rotatable bonds is 0. The molecule has 0 radical (unpaired) electrons. The van der Waals surface area contributed by atoms with Crippen molar-refractivity contribution in [2.24, 2.45) is 9.98 Å². The summed E-state index contributed by atoms with van der Waals surface area (Å²) in [6.45, 7) is 7.12. The molecule has 6 rings (SSSR count). The molecule has 4 heteroatoms. The maximum absolute atomic E-state index is 5.06. The highest BCUT2D eigenvalue weighted by Crippen LogP contribution is 2.24. The Balaban J connectivity index is 0.000000109. The van der Waals surface area contributed by atoms with Crippen LogP contribution in [0.3, 0.4) is 0 Å². The molecule has 30 heavy (non-hydrogen) atoms. The highest BCUT2D eigenvalue weighted by molar-refractivity contribution is 5.84. The molecule has 2 aliphatic heterocycles. The fourth-order valence-electron chi connectivity index (χ4n) is 3.43. The van der Waals surface area contributed by atoms with Gasteiger partial charge in [-0.2, -0.15) is 0 Å². The average molecular weight is 396 g/mol. The molecule has 4 nitrogen and oxygen atoms in total. The second-order valence-corrected chi connectivity index (χ2v) is 7.64. The smallest absolute Gasteiger partial charge is 0.181 e. The first kappa shape index (κ1) is 19.8. The van der Waals surface area contributed by atoms with Crippen molar-refractivity contribution < 1.29 is 4.42 Å². The minimum absolute atomic E-state index is 0.852. The monoisotopic (exact) mass is 395 g/mol. The molecule has 0 spiro atoms. The van der Waals surface area contributed by atoms with Crippen molar-refractivity contribution in [3.05, 3.63) is 94.4 Å². The lowest BCUT2D eigenvalue weighted by atomic mass is 10.1. The van der Waals surface area contributed by atoms with Crippen molar-refractivity contribution in [3.63, 3.8) is 0 Å². The summed E-state index contributed by atoms with van der Waals surface area (Å²) in [6.07, 6.45) is 6.38. The van der Waals surface area contributed by atoms with Gasteiger partial charge in [-0.3, -0.25) is 9.98 Å². The molecule has 0 aliphatic carbocycles. The van der Waals surface area contributed by atoms with Crippen LogP contribution in [-0.2, 0) is 13.0 Å². The summed E-state index contributed by atoms with van der Waals surface area (Å²) in [4.78, 5) is 12.4. The van der Waals surface area contributed by atoms with Crippen molar-refractivity contribution in [1.29, 1.82) is 0 Å². The van der Waals surface area contributed by atoms with Crippen LogP contribution in [0.15, 0.2) is 75.4 Å². The standard InChI is InChI=1S/2C9H9N.C8H7NO/c1-7-2-3-8-5-10-6-9(8)4-7;1-7-2-3-9-8(6-7)4-5-10-9;1-6-2-3-8-7(4-6)9-5-10-8/h2-4,6H,5H2,1H3;2-3,5-6H,4H2,1H3;2-5H,1H3. The lowest BCUT2D eigenvalue weighted by molar-refractivity contribution is 0.602. The Labute approximate surface area is 177 Å². The van der Waals surface area contributed by atoms with E-state index in [0.29, 0.717) is 0 Å². The third kappa shape index (κ3) is 4.71. The first-order valence-electron chi connectivity index (χ1n) is 10.1. The normalized spacial score (nSPS) is 12.6. The Kier molecular flexibility index (Phi) is 5.84. The van der Waals surface area contributed by atoms with Crippen molar-refractivity contribution in [2.45, 2.75) is 33.7 Å². The summed E-state index contributed by atoms with van der Waals surface area (Å²) in [5.41, 5.74) is 10.8. The van der Waals surface area contributed by atoms with Crippen molar-refractivity contribution in [2.75, 3.05) is 0 Å². The maximum Gasteiger partial charge on any atom is 0.181 e. The summed E-state index contributed by atoms with van der Waals surface area (Å²) in [5, 5.41) is 0. The molecule has 3 aromatic carbocycles. The number of hydrogen-bond acceptors (Lipinski definition) is 4. The summed E-state index contributed by atoms with van der Waals surface area (Å²) >= 11 is 0. The van der Waals surface area contributed by atoms with E-state index in [-0.39, 0.29) is 0 Å². The highest BCUT2D eigenvalue weighted by Gasteiger charge is 2.04. The Morgan fingerprint density at radius 1 is 0.800 bits per heavy atom. The Morgan fingerprint density at radius 3 is 2.47 bits per heavy atom. The molecule has 0 amide bonds. The molecule has 0 bridgehead atoms. The number of aromatic nitrogens is 1. The minimum Gasteiger partial charge on any atom is -0.443 e. The Morgan fingerprint density at radius 2 is 1.57 bits per heavy atom. The predicted molar refractivity (Wildman–Crippen MR) is 124 cm³/mol. The second kappa shape index (κ2) is 8.87. The van der Waals surface area contributed by atoms with Crippen LogP contribution in [0, 0.1) is 20.8 Å². The summed E-state index contributed by atoms with van der Waals surface area (Å²) in [7, 11) is 0. The van der Waals surface area contributed by atoms with Gasteiger partial charge in [0.15, 0.2) is 12.0 Å². The molecular formula is C26H25N3O. The van der Waals surface area contributed by atoms with Crippen LogP contribution in [0.25, 0.3) is 11.1 Å². The SMILES string of the molecule is Cc1ccc2c(c1)C=NC2.Cc1ccc2c(c1)CC=N2.Cc1ccc2ocnc2c1. The second-order valence-electron chi connectivity index (χ2n) is 7.64. The predicted octanol–water partition coefficient (Wildman–Crippen LogP) is 6.32. The van der Waals surface area contributed by atoms with Crippen LogP contribution in [0.2, 0.25) is 0 Å². The molecule has 3 heterocycles. The molecule has 2 aliphatic rings. The lowest BCUT2D eigenvalue weighted by Gasteiger charge is -1.96. The summed E-state index contributed by atoms with van der Waals surface area (Å²) in [5.74, 6) is 0. The van der Waals surface area contributed by atoms with Gasteiger partial charge in [-0.05, 0) is 61.2 Å². The van der Waals surface area contributed by atoms with E-state index in [9.17, 15) is 0 Å². The van der Waals surface area contributed by atoms with Crippen LogP contribution in [0.5, 0.6) is 0 Å². The third-order valence-corrected chi connectivity index (χ3v) is 5.06. The number of fused-ring (bicyclic) bond motifs is 3. The molecule has 0 N–H and O–H groups in total. The maximum atomic E-state index is 5.06. The molecule has 0 saturated heterocycles. The molecule has 1 aromatic heterocycles. The molecule has 0 unspecified atom stereocenters. The van der Waals surface area contributed by atoms with Crippen LogP contribution in [-0.4, -0.2) is 17.4 Å². The van der Waals surface area contributed by atoms with Gasteiger partial charge in [0.25, 0.3) is 0 Å². The zero-order valence-corrected chi connectivity index (χ0v) is 17.6. The number of benzene rings is 3. The van der Waals surface area contributed by atoms with Gasteiger partial charge in [0.1, 0.15) is 5.52 Å². The van der Waals surface area contributed by atoms with E-state index in [4.69, 9.17) is 4.42 Å². The van der Waals surface area contributed by atoms with Gasteiger partial charge in [0.05, 0.1) is 12.2 Å². The first-order valence-corrected chi connectivity index (χ1v) is 10.1. The van der Waals surface area contributed by atoms with E-state index in [1.807, 2.05) is 37.6 Å². The fourth-order valence-corrected chi connectivity index (χ4v) is 3.43. The quantitative estimate of drug-likeness (QED) is 0.350. The zero-order valence-electron chi connectivity index (χ0n) is 17.6. The number of aryl methyl sites for hydroxylation is 3. The van der Waals surface area contributed by atoms with Gasteiger partial charge in [-0.25, -0.2) is 4.98 Å². The van der Waals surface area contributed by atoms with Crippen molar-refractivity contribution >= 4 is 29.2 Å². The summed E-state index contributed by atoms with van der Waals surface area (Å²) < 4.78 is 5.06. The van der Waals surface area contributed by atoms with E-state index in [0.717, 1.165) is 29.8 Å². The third-order valence-electron chi connectivity index (χ3n) is 5.06. The van der Waals surface area contributed by atoms with Gasteiger partial charge in [0.2, 0.25) is 0 Å². The van der Waals surface area contributed by atoms with Gasteiger partial charge >= 0.3 is 0 Å². The van der Waals surface area contributed by atoms with Crippen molar-refractivity contribution in [3.8, 4) is 0 Å². The molecule has 0 fully saturated rings. The van der Waals surface area contributed by atoms with E-state index >= 15 is 0 Å². The zero-order chi connectivity index (χ0) is 20.9. The van der Waals surface area contributed by atoms with Crippen LogP contribution in [0.4, 0.5) is 5.69 Å². The van der Waals surface area contributed by atoms with E-state index in [2.05, 4.69) is 65.2 Å². The minimum atomic E-state index is 0.852. The van der Waals surface area contributed by atoms with Crippen LogP contribution >= 0.6 is 0 Å². The number of hydrogen-bond donors (Lipinski definition) is 0. The van der Waals surface area contributed by atoms with Crippen molar-refractivity contribution in [1.82, 2.24) is 4.98 Å². The van der Waals surface area contributed by atoms with Crippen LogP contribution in [0.1, 0.15) is 33.4 Å². The van der Waals surface area contributed by atoms with E-state index in [1.165, 1.54) is 39.8 Å². The lowest BCUT2D eigenvalue weighted by Crippen LogP contribution is -1.83. The molecule has 0 saturated carbocycles. The average Bonchev–Trinajstić information content (AvgIpc) is 3.48. The Bertz CT molecular complexity index is 1230. The largest absolute Gasteiger partial charge is 0.443 e. The number of aliphatic imine (C=N–C) groups is 2. The summed E-state index contributed by atoms with van der Waals surface area (Å²) in [6, 6.07) is 18.8. The molecular weight excluding hydrogens is 370 g/mol. The van der Waals surface area contributed by atoms with Gasteiger partial charge in [-0.15, -0.1) is 0 Å². The topological polar surface area (TPSA) is 50.8 Å². The Hall–Kier alpha value is -3.53. The van der Waals surface area contributed by atoms with E-state index in [1.54, 1.807) is 0 Å². The highest BCUT2D eigenvalue weighted by atomic mass is 16.3. The van der Waals surface area contributed by atoms with Gasteiger partial charge in [-0.1, -0.05) is 47.5 Å². The molecule has 0 atom stereocenters. The molecule has 4 aromatic rings. The first-order chi connectivity index (χ1) is 14.6. The number of nitrogens with zero attached hydrogens (tertiary/aromatic N) is 3. The van der Waals surface area contributed by atoms with Gasteiger partial charge < -0.3 is 4.42 Å². The van der Waals surface area contributed by atoms with Crippen LogP contribution < -0.4 is 0 Å².